The Morgan fingerprint density at radius 3 is 2.47 bits per heavy atom. The Hall–Kier alpha value is -1.12. The number of hydrogen-bond donors (Lipinski definition) is 1. The maximum atomic E-state index is 3.59. The zero-order valence-corrected chi connectivity index (χ0v) is 11.2. The fourth-order valence-electron chi connectivity index (χ4n) is 1.89. The van der Waals surface area contributed by atoms with Crippen LogP contribution in [0.5, 0.6) is 0 Å². The summed E-state index contributed by atoms with van der Waals surface area (Å²) >= 11 is 1.76. The van der Waals surface area contributed by atoms with Crippen molar-refractivity contribution in [3.63, 3.8) is 0 Å². The van der Waals surface area contributed by atoms with Gasteiger partial charge in [0.15, 0.2) is 0 Å². The first-order chi connectivity index (χ1) is 8.27. The van der Waals surface area contributed by atoms with Crippen molar-refractivity contribution in [3.8, 4) is 0 Å². The average Bonchev–Trinajstić information content (AvgIpc) is 2.90. The zero-order chi connectivity index (χ0) is 12.1. The van der Waals surface area contributed by atoms with E-state index in [1.807, 2.05) is 0 Å². The highest BCUT2D eigenvalue weighted by molar-refractivity contribution is 7.07. The van der Waals surface area contributed by atoms with E-state index in [0.29, 0.717) is 12.0 Å². The van der Waals surface area contributed by atoms with Crippen LogP contribution in [0.2, 0.25) is 0 Å². The Balaban J connectivity index is 1.86. The molecule has 1 N–H and O–H groups in total. The molecule has 2 atom stereocenters. The molecule has 0 amide bonds. The van der Waals surface area contributed by atoms with Crippen molar-refractivity contribution in [1.29, 1.82) is 0 Å². The van der Waals surface area contributed by atoms with Gasteiger partial charge in [-0.1, -0.05) is 37.3 Å². The highest BCUT2D eigenvalue weighted by Crippen LogP contribution is 2.18. The molecule has 2 unspecified atom stereocenters. The van der Waals surface area contributed by atoms with Crippen molar-refractivity contribution in [3.05, 3.63) is 58.3 Å². The van der Waals surface area contributed by atoms with Gasteiger partial charge in [0.2, 0.25) is 0 Å². The van der Waals surface area contributed by atoms with E-state index in [4.69, 9.17) is 0 Å². The molecule has 2 heteroatoms. The molecule has 90 valence electrons. The van der Waals surface area contributed by atoms with Crippen LogP contribution in [0.4, 0.5) is 0 Å². The van der Waals surface area contributed by atoms with E-state index in [-0.39, 0.29) is 0 Å². The molecule has 2 rings (SSSR count). The van der Waals surface area contributed by atoms with Crippen LogP contribution < -0.4 is 5.32 Å². The van der Waals surface area contributed by atoms with Gasteiger partial charge in [0.25, 0.3) is 0 Å². The normalized spacial score (nSPS) is 14.5. The Kier molecular flexibility index (Phi) is 4.35. The van der Waals surface area contributed by atoms with E-state index < -0.39 is 0 Å². The Labute approximate surface area is 108 Å². The van der Waals surface area contributed by atoms with Crippen molar-refractivity contribution in [1.82, 2.24) is 5.32 Å². The van der Waals surface area contributed by atoms with Gasteiger partial charge in [-0.25, -0.2) is 0 Å². The molecule has 0 aliphatic carbocycles. The van der Waals surface area contributed by atoms with Crippen molar-refractivity contribution in [2.75, 3.05) is 6.54 Å². The monoisotopic (exact) mass is 245 g/mol. The number of rotatable bonds is 5. The van der Waals surface area contributed by atoms with Gasteiger partial charge < -0.3 is 5.32 Å². The van der Waals surface area contributed by atoms with Crippen molar-refractivity contribution in [2.45, 2.75) is 25.8 Å². The van der Waals surface area contributed by atoms with Crippen molar-refractivity contribution >= 4 is 11.3 Å². The topological polar surface area (TPSA) is 12.0 Å². The Morgan fingerprint density at radius 1 is 1.06 bits per heavy atom. The summed E-state index contributed by atoms with van der Waals surface area (Å²) < 4.78 is 0. The lowest BCUT2D eigenvalue weighted by Crippen LogP contribution is -2.23. The van der Waals surface area contributed by atoms with Gasteiger partial charge in [0, 0.05) is 12.6 Å². The summed E-state index contributed by atoms with van der Waals surface area (Å²) in [6.07, 6.45) is 0. The fraction of sp³-hybridized carbons (Fsp3) is 0.333. The smallest absolute Gasteiger partial charge is 0.0300 e. The van der Waals surface area contributed by atoms with Gasteiger partial charge >= 0.3 is 0 Å². The third-order valence-electron chi connectivity index (χ3n) is 3.14. The van der Waals surface area contributed by atoms with Crippen LogP contribution in [-0.2, 0) is 0 Å². The second-order valence-corrected chi connectivity index (χ2v) is 5.28. The molecule has 0 spiro atoms. The molecule has 1 heterocycles. The summed E-state index contributed by atoms with van der Waals surface area (Å²) in [7, 11) is 0. The van der Waals surface area contributed by atoms with Gasteiger partial charge in [-0.05, 0) is 40.8 Å². The molecule has 0 radical (unpaired) electrons. The summed E-state index contributed by atoms with van der Waals surface area (Å²) in [4.78, 5) is 0. The van der Waals surface area contributed by atoms with Crippen LogP contribution in [0.25, 0.3) is 0 Å². The van der Waals surface area contributed by atoms with Crippen LogP contribution in [0.1, 0.15) is 36.9 Å². The maximum Gasteiger partial charge on any atom is 0.0300 e. The summed E-state index contributed by atoms with van der Waals surface area (Å²) in [5.74, 6) is 0.553. The SMILES string of the molecule is CC(CNC(C)c1ccsc1)c1ccccc1. The Morgan fingerprint density at radius 2 is 1.82 bits per heavy atom. The molecule has 0 saturated carbocycles. The average molecular weight is 245 g/mol. The predicted octanol–water partition coefficient (Wildman–Crippen LogP) is 4.20. The lowest BCUT2D eigenvalue weighted by atomic mass is 10.0. The quantitative estimate of drug-likeness (QED) is 0.832. The molecule has 0 aliphatic rings. The van der Waals surface area contributed by atoms with E-state index in [9.17, 15) is 0 Å². The number of thiophene rings is 1. The van der Waals surface area contributed by atoms with E-state index in [1.165, 1.54) is 11.1 Å². The minimum Gasteiger partial charge on any atom is -0.310 e. The molecule has 0 bridgehead atoms. The molecule has 1 aromatic heterocycles. The molecule has 0 saturated heterocycles. The molecular weight excluding hydrogens is 226 g/mol. The van der Waals surface area contributed by atoms with Crippen molar-refractivity contribution < 1.29 is 0 Å². The van der Waals surface area contributed by atoms with E-state index in [0.717, 1.165) is 6.54 Å². The fourth-order valence-corrected chi connectivity index (χ4v) is 2.65. The standard InChI is InChI=1S/C15H19NS/c1-12(14-6-4-3-5-7-14)10-16-13(2)15-8-9-17-11-15/h3-9,11-13,16H,10H2,1-2H3. The third-order valence-corrected chi connectivity index (χ3v) is 3.84. The summed E-state index contributed by atoms with van der Waals surface area (Å²) in [5, 5.41) is 7.94. The van der Waals surface area contributed by atoms with Gasteiger partial charge in [0.05, 0.1) is 0 Å². The lowest BCUT2D eigenvalue weighted by Gasteiger charge is -2.17. The second kappa shape index (κ2) is 5.99. The summed E-state index contributed by atoms with van der Waals surface area (Å²) in [6.45, 7) is 5.50. The van der Waals surface area contributed by atoms with E-state index in [1.54, 1.807) is 11.3 Å². The molecule has 1 nitrogen and oxygen atoms in total. The number of benzene rings is 1. The summed E-state index contributed by atoms with van der Waals surface area (Å²) in [5.41, 5.74) is 2.78. The molecular formula is C15H19NS. The van der Waals surface area contributed by atoms with Crippen molar-refractivity contribution in [2.24, 2.45) is 0 Å². The highest BCUT2D eigenvalue weighted by atomic mass is 32.1. The first kappa shape index (κ1) is 12.3. The predicted molar refractivity (Wildman–Crippen MR) is 75.6 cm³/mol. The second-order valence-electron chi connectivity index (χ2n) is 4.50. The highest BCUT2D eigenvalue weighted by Gasteiger charge is 2.08. The number of hydrogen-bond acceptors (Lipinski definition) is 2. The maximum absolute atomic E-state index is 3.59. The van der Waals surface area contributed by atoms with Gasteiger partial charge in [-0.15, -0.1) is 0 Å². The van der Waals surface area contributed by atoms with Crippen LogP contribution >= 0.6 is 11.3 Å². The van der Waals surface area contributed by atoms with Gasteiger partial charge in [-0.3, -0.25) is 0 Å². The molecule has 17 heavy (non-hydrogen) atoms. The van der Waals surface area contributed by atoms with E-state index >= 15 is 0 Å². The molecule has 1 aromatic carbocycles. The molecule has 0 fully saturated rings. The minimum absolute atomic E-state index is 0.437. The van der Waals surface area contributed by atoms with Crippen LogP contribution in [-0.4, -0.2) is 6.54 Å². The zero-order valence-electron chi connectivity index (χ0n) is 10.4. The molecule has 2 aromatic rings. The first-order valence-electron chi connectivity index (χ1n) is 6.08. The number of nitrogens with one attached hydrogen (secondary N) is 1. The van der Waals surface area contributed by atoms with Crippen LogP contribution in [0.3, 0.4) is 0 Å². The molecule has 0 aliphatic heterocycles. The third kappa shape index (κ3) is 3.42. The van der Waals surface area contributed by atoms with Crippen LogP contribution in [0.15, 0.2) is 47.2 Å². The summed E-state index contributed by atoms with van der Waals surface area (Å²) in [6, 6.07) is 13.3. The Bertz CT molecular complexity index is 421. The van der Waals surface area contributed by atoms with Gasteiger partial charge in [0.1, 0.15) is 0 Å². The van der Waals surface area contributed by atoms with Crippen LogP contribution in [0, 0.1) is 0 Å². The lowest BCUT2D eigenvalue weighted by molar-refractivity contribution is 0.538. The first-order valence-corrected chi connectivity index (χ1v) is 7.02. The minimum atomic E-state index is 0.437. The van der Waals surface area contributed by atoms with Gasteiger partial charge in [-0.2, -0.15) is 11.3 Å². The van der Waals surface area contributed by atoms with E-state index in [2.05, 4.69) is 66.3 Å². The largest absolute Gasteiger partial charge is 0.310 e.